The van der Waals surface area contributed by atoms with Crippen LogP contribution in [0.15, 0.2) is 0 Å². The van der Waals surface area contributed by atoms with E-state index in [4.69, 9.17) is 14.2 Å². The van der Waals surface area contributed by atoms with Gasteiger partial charge in [-0.1, -0.05) is 12.8 Å². The average Bonchev–Trinajstić information content (AvgIpc) is 2.86. The van der Waals surface area contributed by atoms with Crippen molar-refractivity contribution in [1.82, 2.24) is 0 Å². The molecule has 0 aromatic rings. The molecule has 2 atom stereocenters. The van der Waals surface area contributed by atoms with Crippen LogP contribution in [0, 0.1) is 5.92 Å². The van der Waals surface area contributed by atoms with E-state index in [1.165, 1.54) is 25.7 Å². The fourth-order valence-electron chi connectivity index (χ4n) is 3.45. The summed E-state index contributed by atoms with van der Waals surface area (Å²) in [7, 11) is 1.67. The lowest BCUT2D eigenvalue weighted by Gasteiger charge is -2.40. The predicted octanol–water partition coefficient (Wildman–Crippen LogP) is 2.14. The zero-order valence-corrected chi connectivity index (χ0v) is 12.1. The maximum atomic E-state index is 10.3. The quantitative estimate of drug-likeness (QED) is 0.721. The predicted molar refractivity (Wildman–Crippen MR) is 73.2 cm³/mol. The molecule has 0 radical (unpaired) electrons. The number of hydrogen-bond donors (Lipinski definition) is 1. The van der Waals surface area contributed by atoms with Gasteiger partial charge in [0.05, 0.1) is 24.9 Å². The first-order valence-electron chi connectivity index (χ1n) is 7.64. The molecule has 0 amide bonds. The van der Waals surface area contributed by atoms with Gasteiger partial charge in [0, 0.05) is 20.3 Å². The summed E-state index contributed by atoms with van der Waals surface area (Å²) >= 11 is 0. The van der Waals surface area contributed by atoms with Gasteiger partial charge in [0.1, 0.15) is 0 Å². The van der Waals surface area contributed by atoms with Crippen LogP contribution >= 0.6 is 0 Å². The van der Waals surface area contributed by atoms with E-state index in [9.17, 15) is 5.11 Å². The second-order valence-corrected chi connectivity index (χ2v) is 5.95. The van der Waals surface area contributed by atoms with Gasteiger partial charge in [-0.05, 0) is 38.0 Å². The van der Waals surface area contributed by atoms with Crippen molar-refractivity contribution >= 4 is 0 Å². The van der Waals surface area contributed by atoms with Gasteiger partial charge in [-0.15, -0.1) is 0 Å². The monoisotopic (exact) mass is 272 g/mol. The molecule has 2 rings (SSSR count). The highest BCUT2D eigenvalue weighted by Gasteiger charge is 2.41. The standard InChI is InChI=1S/C15H28O4/c1-17-10-11-18-8-5-14(16)13-4-9-19-15(12-13)6-2-3-7-15/h13-14,16H,2-12H2,1H3. The van der Waals surface area contributed by atoms with Crippen LogP contribution in [0.4, 0.5) is 0 Å². The molecule has 2 fully saturated rings. The number of methoxy groups -OCH3 is 1. The van der Waals surface area contributed by atoms with Gasteiger partial charge in [0.25, 0.3) is 0 Å². The van der Waals surface area contributed by atoms with Crippen molar-refractivity contribution in [2.45, 2.75) is 56.7 Å². The molecule has 4 nitrogen and oxygen atoms in total. The summed E-state index contributed by atoms with van der Waals surface area (Å²) in [6.45, 7) is 2.67. The molecule has 1 saturated heterocycles. The zero-order valence-electron chi connectivity index (χ0n) is 12.1. The van der Waals surface area contributed by atoms with E-state index in [-0.39, 0.29) is 11.7 Å². The van der Waals surface area contributed by atoms with Crippen LogP contribution in [-0.2, 0) is 14.2 Å². The zero-order chi connectivity index (χ0) is 13.6. The molecule has 1 heterocycles. The van der Waals surface area contributed by atoms with Gasteiger partial charge in [0.15, 0.2) is 0 Å². The Labute approximate surface area is 116 Å². The highest BCUT2D eigenvalue weighted by atomic mass is 16.5. The molecule has 0 aromatic heterocycles. The van der Waals surface area contributed by atoms with Crippen LogP contribution in [0.1, 0.15) is 44.9 Å². The molecule has 2 aliphatic rings. The highest BCUT2D eigenvalue weighted by molar-refractivity contribution is 4.92. The number of aliphatic hydroxyl groups excluding tert-OH is 1. The van der Waals surface area contributed by atoms with Gasteiger partial charge in [-0.25, -0.2) is 0 Å². The molecule has 4 heteroatoms. The largest absolute Gasteiger partial charge is 0.393 e. The third-order valence-electron chi connectivity index (χ3n) is 4.58. The maximum Gasteiger partial charge on any atom is 0.0700 e. The smallest absolute Gasteiger partial charge is 0.0700 e. The Morgan fingerprint density at radius 2 is 2.05 bits per heavy atom. The van der Waals surface area contributed by atoms with E-state index in [2.05, 4.69) is 0 Å². The summed E-state index contributed by atoms with van der Waals surface area (Å²) in [5, 5.41) is 10.3. The number of aliphatic hydroxyl groups is 1. The number of ether oxygens (including phenoxy) is 3. The van der Waals surface area contributed by atoms with Crippen LogP contribution in [-0.4, -0.2) is 50.3 Å². The number of rotatable bonds is 7. The second kappa shape index (κ2) is 7.58. The van der Waals surface area contributed by atoms with Crippen molar-refractivity contribution in [2.75, 3.05) is 33.5 Å². The molecule has 1 aliphatic heterocycles. The molecule has 19 heavy (non-hydrogen) atoms. The summed E-state index contributed by atoms with van der Waals surface area (Å²) in [4.78, 5) is 0. The Morgan fingerprint density at radius 1 is 1.26 bits per heavy atom. The molecular formula is C15H28O4. The molecule has 1 spiro atoms. The van der Waals surface area contributed by atoms with Crippen molar-refractivity contribution in [3.8, 4) is 0 Å². The Balaban J connectivity index is 1.68. The lowest BCUT2D eigenvalue weighted by atomic mass is 9.81. The molecule has 1 saturated carbocycles. The van der Waals surface area contributed by atoms with Crippen molar-refractivity contribution < 1.29 is 19.3 Å². The van der Waals surface area contributed by atoms with Crippen LogP contribution in [0.5, 0.6) is 0 Å². The van der Waals surface area contributed by atoms with Gasteiger partial charge in [-0.3, -0.25) is 0 Å². The van der Waals surface area contributed by atoms with Crippen LogP contribution in [0.2, 0.25) is 0 Å². The first-order chi connectivity index (χ1) is 9.26. The second-order valence-electron chi connectivity index (χ2n) is 5.95. The summed E-state index contributed by atoms with van der Waals surface area (Å²) in [5.41, 5.74) is 0.0980. The Bertz CT molecular complexity index is 251. The van der Waals surface area contributed by atoms with E-state index >= 15 is 0 Å². The lowest BCUT2D eigenvalue weighted by molar-refractivity contribution is -0.115. The highest BCUT2D eigenvalue weighted by Crippen LogP contribution is 2.43. The van der Waals surface area contributed by atoms with Crippen LogP contribution in [0.25, 0.3) is 0 Å². The van der Waals surface area contributed by atoms with E-state index in [0.717, 1.165) is 25.9 Å². The fraction of sp³-hybridized carbons (Fsp3) is 1.00. The van der Waals surface area contributed by atoms with Crippen LogP contribution < -0.4 is 0 Å². The Morgan fingerprint density at radius 3 is 2.79 bits per heavy atom. The van der Waals surface area contributed by atoms with Gasteiger partial charge in [-0.2, -0.15) is 0 Å². The molecular weight excluding hydrogens is 244 g/mol. The summed E-state index contributed by atoms with van der Waals surface area (Å²) < 4.78 is 16.4. The van der Waals surface area contributed by atoms with Gasteiger partial charge < -0.3 is 19.3 Å². The topological polar surface area (TPSA) is 47.9 Å². The third kappa shape index (κ3) is 4.42. The number of hydrogen-bond acceptors (Lipinski definition) is 4. The van der Waals surface area contributed by atoms with Gasteiger partial charge >= 0.3 is 0 Å². The summed E-state index contributed by atoms with van der Waals surface area (Å²) in [6.07, 6.45) is 7.42. The normalized spacial score (nSPS) is 27.8. The fourth-order valence-corrected chi connectivity index (χ4v) is 3.45. The molecule has 1 aliphatic carbocycles. The van der Waals surface area contributed by atoms with Gasteiger partial charge in [0.2, 0.25) is 0 Å². The first kappa shape index (κ1) is 15.2. The Hall–Kier alpha value is -0.160. The van der Waals surface area contributed by atoms with Crippen molar-refractivity contribution in [3.05, 3.63) is 0 Å². The SMILES string of the molecule is COCCOCCC(O)C1CCOC2(CCCC2)C1. The van der Waals surface area contributed by atoms with E-state index in [0.29, 0.717) is 25.7 Å². The molecule has 2 unspecified atom stereocenters. The lowest BCUT2D eigenvalue weighted by Crippen LogP contribution is -2.41. The first-order valence-corrected chi connectivity index (χ1v) is 7.64. The average molecular weight is 272 g/mol. The van der Waals surface area contributed by atoms with Crippen molar-refractivity contribution in [3.63, 3.8) is 0 Å². The Kier molecular flexibility index (Phi) is 6.07. The van der Waals surface area contributed by atoms with E-state index in [1.807, 2.05) is 0 Å². The van der Waals surface area contributed by atoms with E-state index in [1.54, 1.807) is 7.11 Å². The van der Waals surface area contributed by atoms with Crippen molar-refractivity contribution in [1.29, 1.82) is 0 Å². The minimum Gasteiger partial charge on any atom is -0.393 e. The third-order valence-corrected chi connectivity index (χ3v) is 4.58. The van der Waals surface area contributed by atoms with E-state index < -0.39 is 0 Å². The molecule has 1 N–H and O–H groups in total. The minimum atomic E-state index is -0.246. The summed E-state index contributed by atoms with van der Waals surface area (Å²) in [5.74, 6) is 0.387. The molecule has 112 valence electrons. The molecule has 0 aromatic carbocycles. The minimum absolute atomic E-state index is 0.0980. The summed E-state index contributed by atoms with van der Waals surface area (Å²) in [6, 6.07) is 0. The molecule has 0 bridgehead atoms. The van der Waals surface area contributed by atoms with Crippen LogP contribution in [0.3, 0.4) is 0 Å². The van der Waals surface area contributed by atoms with Crippen molar-refractivity contribution in [2.24, 2.45) is 5.92 Å². The maximum absolute atomic E-state index is 10.3.